The molecule has 10 rings (SSSR count). The van der Waals surface area contributed by atoms with Crippen LogP contribution in [0.5, 0.6) is 0 Å². The number of methoxy groups -OCH3 is 1. The molecule has 4 saturated carbocycles. The minimum atomic E-state index is -4.92. The second-order valence-electron chi connectivity index (χ2n) is 32.2. The fourth-order valence-corrected chi connectivity index (χ4v) is 18.0. The molecule has 1 spiro atoms. The van der Waals surface area contributed by atoms with E-state index in [0.29, 0.717) is 57.8 Å². The van der Waals surface area contributed by atoms with Crippen LogP contribution in [0.4, 0.5) is 17.6 Å². The number of carbonyl (C=O) groups is 12. The molecule has 3 N–H and O–H groups in total. The first-order valence-corrected chi connectivity index (χ1v) is 39.5. The van der Waals surface area contributed by atoms with Crippen molar-refractivity contribution in [2.45, 2.75) is 273 Å². The van der Waals surface area contributed by atoms with E-state index >= 15 is 42.7 Å². The van der Waals surface area contributed by atoms with Gasteiger partial charge in [0.1, 0.15) is 66.0 Å². The molecule has 6 heterocycles. The van der Waals surface area contributed by atoms with Crippen molar-refractivity contribution in [1.82, 2.24) is 60.0 Å². The van der Waals surface area contributed by atoms with Gasteiger partial charge in [-0.25, -0.2) is 4.39 Å². The second kappa shape index (κ2) is 38.1. The van der Waals surface area contributed by atoms with Crippen LogP contribution >= 0.6 is 0 Å². The molecule has 4 unspecified atom stereocenters. The van der Waals surface area contributed by atoms with Crippen molar-refractivity contribution in [1.29, 1.82) is 0 Å². The molecular formula is C77H122F4N12O14. The summed E-state index contributed by atoms with van der Waals surface area (Å²) in [7, 11) is 11.2. The average molecular weight is 1520 g/mol. The maximum absolute atomic E-state index is 15.8. The van der Waals surface area contributed by atoms with Gasteiger partial charge in [0, 0.05) is 89.1 Å². The molecular weight excluding hydrogens is 1390 g/mol. The fourth-order valence-electron chi connectivity index (χ4n) is 18.0. The second-order valence-corrected chi connectivity index (χ2v) is 32.2. The van der Waals surface area contributed by atoms with Crippen molar-refractivity contribution in [3.05, 3.63) is 12.2 Å². The number of nitrogens with zero attached hydrogens (tertiary/aromatic N) is 9. The van der Waals surface area contributed by atoms with Crippen LogP contribution in [0.15, 0.2) is 12.2 Å². The molecule has 9 fully saturated rings. The highest BCUT2D eigenvalue weighted by Crippen LogP contribution is 2.45. The van der Waals surface area contributed by atoms with Gasteiger partial charge in [-0.2, -0.15) is 13.2 Å². The number of halogens is 4. The zero-order chi connectivity index (χ0) is 78.5. The molecule has 30 heteroatoms. The lowest BCUT2D eigenvalue weighted by molar-refractivity contribution is -0.233. The van der Waals surface area contributed by atoms with Gasteiger partial charge < -0.3 is 69.5 Å². The van der Waals surface area contributed by atoms with Gasteiger partial charge in [0.15, 0.2) is 0 Å². The van der Waals surface area contributed by atoms with Gasteiger partial charge in [-0.3, -0.25) is 57.5 Å². The molecule has 12 amide bonds. The van der Waals surface area contributed by atoms with Crippen molar-refractivity contribution in [2.75, 3.05) is 95.8 Å². The van der Waals surface area contributed by atoms with Gasteiger partial charge in [0.25, 0.3) is 0 Å². The Labute approximate surface area is 629 Å². The lowest BCUT2D eigenvalue weighted by Crippen LogP contribution is -2.68. The van der Waals surface area contributed by atoms with Gasteiger partial charge in [0.05, 0.1) is 31.7 Å². The summed E-state index contributed by atoms with van der Waals surface area (Å²) < 4.78 is 70.2. The van der Waals surface area contributed by atoms with Crippen LogP contribution in [0.1, 0.15) is 195 Å². The minimum Gasteiger partial charge on any atom is -0.381 e. The van der Waals surface area contributed by atoms with E-state index in [9.17, 15) is 32.3 Å². The van der Waals surface area contributed by atoms with Crippen LogP contribution in [0.3, 0.4) is 0 Å². The van der Waals surface area contributed by atoms with E-state index in [4.69, 9.17) is 9.47 Å². The van der Waals surface area contributed by atoms with Gasteiger partial charge in [-0.05, 0) is 127 Å². The number of fused-ring (bicyclic) bond motifs is 22. The summed E-state index contributed by atoms with van der Waals surface area (Å²) in [5.74, 6) is -11.9. The molecule has 0 aromatic carbocycles. The number of hydrogen-bond donors (Lipinski definition) is 3. The van der Waals surface area contributed by atoms with E-state index in [1.807, 2.05) is 13.0 Å². The van der Waals surface area contributed by atoms with Crippen molar-refractivity contribution < 1.29 is 84.6 Å². The molecule has 10 aliphatic rings. The Bertz CT molecular complexity index is 3180. The third kappa shape index (κ3) is 20.5. The lowest BCUT2D eigenvalue weighted by Gasteiger charge is -2.46. The molecule has 107 heavy (non-hydrogen) atoms. The van der Waals surface area contributed by atoms with Crippen LogP contribution in [-0.4, -0.2) is 289 Å². The number of amides is 12. The highest BCUT2D eigenvalue weighted by Gasteiger charge is 2.56. The summed E-state index contributed by atoms with van der Waals surface area (Å²) in [6.45, 7) is 6.09. The van der Waals surface area contributed by atoms with E-state index < -0.39 is 199 Å². The zero-order valence-corrected chi connectivity index (χ0v) is 65.3. The summed E-state index contributed by atoms with van der Waals surface area (Å²) in [6.07, 6.45) is 2.29. The molecule has 14 atom stereocenters. The minimum absolute atomic E-state index is 0.0367. The molecule has 5 saturated heterocycles. The quantitative estimate of drug-likeness (QED) is 0.126. The topological polar surface area (TPSA) is 289 Å². The molecule has 6 bridgehead atoms. The monoisotopic (exact) mass is 1510 g/mol. The number of ether oxygens (including phenoxy) is 2. The van der Waals surface area contributed by atoms with Crippen LogP contribution in [0.2, 0.25) is 0 Å². The smallest absolute Gasteiger partial charge is 0.381 e. The Balaban J connectivity index is 1.24. The largest absolute Gasteiger partial charge is 0.397 e. The number of rotatable bonds is 11. The van der Waals surface area contributed by atoms with E-state index in [0.717, 1.165) is 45.6 Å². The molecule has 0 radical (unpaired) electrons. The Morgan fingerprint density at radius 3 is 1.92 bits per heavy atom. The van der Waals surface area contributed by atoms with Crippen molar-refractivity contribution in [3.63, 3.8) is 0 Å². The predicted molar refractivity (Wildman–Crippen MR) is 389 cm³/mol. The summed E-state index contributed by atoms with van der Waals surface area (Å²) in [5.41, 5.74) is -1.62. The highest BCUT2D eigenvalue weighted by atomic mass is 19.4. The number of nitrogens with one attached hydrogen (secondary N) is 3. The van der Waals surface area contributed by atoms with Crippen LogP contribution in [0.25, 0.3) is 0 Å². The first kappa shape index (κ1) is 85.6. The van der Waals surface area contributed by atoms with E-state index in [-0.39, 0.29) is 95.9 Å². The van der Waals surface area contributed by atoms with E-state index in [1.54, 1.807) is 33.9 Å². The highest BCUT2D eigenvalue weighted by molar-refractivity contribution is 6.01. The maximum Gasteiger partial charge on any atom is 0.397 e. The summed E-state index contributed by atoms with van der Waals surface area (Å²) in [5, 5.41) is 8.81. The van der Waals surface area contributed by atoms with Crippen molar-refractivity contribution >= 4 is 70.9 Å². The molecule has 0 aromatic rings. The SMILES string of the molecule is CCO[C@@H]1C[C@H]2C(=O)NC3(CCC3)C(=O)N(C)[C@@H](C3CCCC3)C(=O)N(C)[C@H](C(=O)N(C)CC)CC(=O)N(C)[C@H]3CCCCCC4CCC(CC4)C[C@@H](C(=O)N(C)CC(=O)N[C@@H](CCC4CC(F)C(C(F)(F)F)C(OC)C4)C(=O)N2C1)N1CC/C=C\C[C@@H](C1=O)N(C)C(=O)CN(C)C(=O)[C@H]([C@@H](C)CC)NC3=O. The first-order chi connectivity index (χ1) is 50.7. The van der Waals surface area contributed by atoms with Gasteiger partial charge in [0.2, 0.25) is 70.9 Å². The molecule has 26 nitrogen and oxygen atoms in total. The number of alkyl halides is 4. The molecule has 4 aliphatic carbocycles. The van der Waals surface area contributed by atoms with Gasteiger partial charge in [-0.1, -0.05) is 96.6 Å². The molecule has 602 valence electrons. The summed E-state index contributed by atoms with van der Waals surface area (Å²) in [6, 6.07) is -10.3. The molecule has 0 aromatic heterocycles. The number of likely N-dealkylation sites (N-methyl/N-ethyl adjacent to an activating group) is 7. The predicted octanol–water partition coefficient (Wildman–Crippen LogP) is 5.77. The fraction of sp³-hybridized carbons (Fsp3) is 0.818. The normalized spacial score (nSPS) is 32.8. The Morgan fingerprint density at radius 2 is 1.29 bits per heavy atom. The van der Waals surface area contributed by atoms with Crippen molar-refractivity contribution in [3.8, 4) is 0 Å². The Morgan fingerprint density at radius 1 is 0.645 bits per heavy atom. The third-order valence-electron chi connectivity index (χ3n) is 25.2. The van der Waals surface area contributed by atoms with E-state index in [1.165, 1.54) is 86.4 Å². The first-order valence-electron chi connectivity index (χ1n) is 39.5. The standard InChI is InChI=1S/C77H122F4N12O14/c1-13-47(4)65-73(103)87(7)46-63(96)89(9)56-29-20-17-23-38-92(72(56)102)59-40-49-32-30-48(31-33-49)25-18-16-19-28-55(67(97)83-65)88(8)62(95)43-58(70(100)85(5)14-2)90(10)74(104)66(51-26-21-22-27-51)91(11)75(105)76(36-24-37-76)84-68(98)57-42-52(107-15-3)44-93(57)69(99)54(82-61(94)45-86(6)71(59)101)35-34-50-39-53(78)64(77(79,80)81)60(41-50)106-12/h17,20,47-60,64-66H,13-16,18-19,21-46H2,1-12H3,(H,82,94)(H,83,97)(H,84,98)/b20-17-/t47-,48?,49?,50?,52+,53?,54-,55-,56-,57-,58-,59-,60?,64?,65-,66-/m0/s1. The Hall–Kier alpha value is -6.98. The van der Waals surface area contributed by atoms with Crippen LogP contribution < -0.4 is 16.0 Å². The number of carbonyl (C=O) groups excluding carboxylic acids is 12. The third-order valence-corrected chi connectivity index (χ3v) is 25.2. The van der Waals surface area contributed by atoms with E-state index in [2.05, 4.69) is 16.0 Å². The summed E-state index contributed by atoms with van der Waals surface area (Å²) in [4.78, 5) is 195. The Kier molecular flexibility index (Phi) is 30.5. The van der Waals surface area contributed by atoms with Crippen LogP contribution in [-0.2, 0) is 67.0 Å². The molecule has 6 aliphatic heterocycles. The number of hydrogen-bond acceptors (Lipinski definition) is 14. The van der Waals surface area contributed by atoms with Gasteiger partial charge in [-0.15, -0.1) is 0 Å². The average Bonchev–Trinajstić information content (AvgIpc) is 1.72. The summed E-state index contributed by atoms with van der Waals surface area (Å²) >= 11 is 0. The lowest BCUT2D eigenvalue weighted by atomic mass is 9.74. The van der Waals surface area contributed by atoms with Crippen LogP contribution in [0, 0.1) is 35.5 Å². The zero-order valence-electron chi connectivity index (χ0n) is 65.3. The maximum atomic E-state index is 15.8. The van der Waals surface area contributed by atoms with Crippen molar-refractivity contribution in [2.24, 2.45) is 35.5 Å². The van der Waals surface area contributed by atoms with Gasteiger partial charge >= 0.3 is 6.18 Å².